The van der Waals surface area contributed by atoms with Gasteiger partial charge in [-0.2, -0.15) is 0 Å². The zero-order chi connectivity index (χ0) is 17.7. The standard InChI is InChI=1S/C18H15NO5/c1-11(19-23)13-7-3-6-10-16(13)18(22)24-12(2)14-8-4-5-9-15(14)17(20)21/h3-10,23H,2H2,1H3,(H,20,21)/b19-11-. The van der Waals surface area contributed by atoms with Gasteiger partial charge in [-0.05, 0) is 19.1 Å². The molecule has 2 N–H and O–H groups in total. The number of hydrogen-bond acceptors (Lipinski definition) is 5. The predicted octanol–water partition coefficient (Wildman–Crippen LogP) is 3.41. The van der Waals surface area contributed by atoms with E-state index >= 15 is 0 Å². The number of carboxylic acids is 1. The highest BCUT2D eigenvalue weighted by molar-refractivity contribution is 6.08. The van der Waals surface area contributed by atoms with Crippen LogP contribution in [-0.4, -0.2) is 28.0 Å². The molecule has 0 fully saturated rings. The number of rotatable bonds is 5. The van der Waals surface area contributed by atoms with E-state index in [1.807, 2.05) is 0 Å². The van der Waals surface area contributed by atoms with Gasteiger partial charge in [0, 0.05) is 11.1 Å². The van der Waals surface area contributed by atoms with Crippen molar-refractivity contribution in [1.29, 1.82) is 0 Å². The summed E-state index contributed by atoms with van der Waals surface area (Å²) in [5.74, 6) is -1.95. The third-order valence-electron chi connectivity index (χ3n) is 3.36. The molecular formula is C18H15NO5. The van der Waals surface area contributed by atoms with Crippen molar-refractivity contribution in [3.05, 3.63) is 77.4 Å². The summed E-state index contributed by atoms with van der Waals surface area (Å²) in [4.78, 5) is 23.6. The molecule has 2 aromatic carbocycles. The predicted molar refractivity (Wildman–Crippen MR) is 88.3 cm³/mol. The van der Waals surface area contributed by atoms with Gasteiger partial charge in [0.1, 0.15) is 5.76 Å². The molecule has 122 valence electrons. The first-order chi connectivity index (χ1) is 11.5. The number of carboxylic acid groups (broad SMARTS) is 1. The van der Waals surface area contributed by atoms with Crippen molar-refractivity contribution in [2.75, 3.05) is 0 Å². The van der Waals surface area contributed by atoms with Gasteiger partial charge in [-0.15, -0.1) is 0 Å². The Morgan fingerprint density at radius 2 is 1.46 bits per heavy atom. The van der Waals surface area contributed by atoms with E-state index in [4.69, 9.17) is 9.94 Å². The van der Waals surface area contributed by atoms with E-state index in [1.54, 1.807) is 37.3 Å². The number of hydrogen-bond donors (Lipinski definition) is 2. The van der Waals surface area contributed by atoms with Gasteiger partial charge >= 0.3 is 11.9 Å². The average Bonchev–Trinajstić information content (AvgIpc) is 2.60. The second kappa shape index (κ2) is 7.23. The molecule has 0 saturated heterocycles. The summed E-state index contributed by atoms with van der Waals surface area (Å²) in [6.07, 6.45) is 0. The van der Waals surface area contributed by atoms with Crippen LogP contribution in [0.15, 0.2) is 60.3 Å². The van der Waals surface area contributed by atoms with Gasteiger partial charge in [-0.3, -0.25) is 0 Å². The Labute approximate surface area is 138 Å². The molecule has 0 aliphatic rings. The first-order valence-electron chi connectivity index (χ1n) is 6.97. The van der Waals surface area contributed by atoms with Crippen LogP contribution in [0, 0.1) is 0 Å². The number of esters is 1. The average molecular weight is 325 g/mol. The van der Waals surface area contributed by atoms with Gasteiger partial charge < -0.3 is 15.1 Å². The zero-order valence-corrected chi connectivity index (χ0v) is 12.9. The molecule has 0 spiro atoms. The van der Waals surface area contributed by atoms with E-state index in [0.717, 1.165) is 0 Å². The van der Waals surface area contributed by atoms with Crippen molar-refractivity contribution in [2.24, 2.45) is 5.16 Å². The Balaban J connectivity index is 2.32. The van der Waals surface area contributed by atoms with Crippen LogP contribution in [0.5, 0.6) is 0 Å². The highest BCUT2D eigenvalue weighted by Gasteiger charge is 2.19. The van der Waals surface area contributed by atoms with Crippen molar-refractivity contribution in [2.45, 2.75) is 6.92 Å². The van der Waals surface area contributed by atoms with E-state index in [0.29, 0.717) is 5.56 Å². The van der Waals surface area contributed by atoms with Crippen molar-refractivity contribution < 1.29 is 24.6 Å². The van der Waals surface area contributed by atoms with Crippen molar-refractivity contribution in [3.63, 3.8) is 0 Å². The Morgan fingerprint density at radius 1 is 0.958 bits per heavy atom. The van der Waals surface area contributed by atoms with Crippen LogP contribution in [-0.2, 0) is 4.74 Å². The lowest BCUT2D eigenvalue weighted by Gasteiger charge is -2.12. The molecule has 0 heterocycles. The molecule has 0 atom stereocenters. The van der Waals surface area contributed by atoms with Gasteiger partial charge in [-0.1, -0.05) is 48.1 Å². The lowest BCUT2D eigenvalue weighted by Crippen LogP contribution is -2.11. The number of nitrogens with zero attached hydrogens (tertiary/aromatic N) is 1. The van der Waals surface area contributed by atoms with Crippen LogP contribution in [0.3, 0.4) is 0 Å². The Kier molecular flexibility index (Phi) is 5.11. The van der Waals surface area contributed by atoms with Crippen molar-refractivity contribution in [1.82, 2.24) is 0 Å². The van der Waals surface area contributed by atoms with Crippen molar-refractivity contribution >= 4 is 23.4 Å². The van der Waals surface area contributed by atoms with Gasteiger partial charge in [0.15, 0.2) is 0 Å². The highest BCUT2D eigenvalue weighted by Crippen LogP contribution is 2.21. The highest BCUT2D eigenvalue weighted by atomic mass is 16.5. The largest absolute Gasteiger partial charge is 0.478 e. The van der Waals surface area contributed by atoms with Gasteiger partial charge in [0.05, 0.1) is 16.8 Å². The fourth-order valence-electron chi connectivity index (χ4n) is 2.17. The number of carbonyl (C=O) groups is 2. The summed E-state index contributed by atoms with van der Waals surface area (Å²) in [6, 6.07) is 12.5. The summed E-state index contributed by atoms with van der Waals surface area (Å²) in [5.41, 5.74) is 1.03. The Morgan fingerprint density at radius 3 is 2.00 bits per heavy atom. The normalized spacial score (nSPS) is 11.0. The van der Waals surface area contributed by atoms with Crippen LogP contribution in [0.2, 0.25) is 0 Å². The lowest BCUT2D eigenvalue weighted by molar-refractivity contribution is 0.0672. The molecule has 0 bridgehead atoms. The number of aromatic carboxylic acids is 1. The van der Waals surface area contributed by atoms with E-state index in [-0.39, 0.29) is 28.2 Å². The van der Waals surface area contributed by atoms with E-state index in [2.05, 4.69) is 11.7 Å². The molecule has 2 rings (SSSR count). The van der Waals surface area contributed by atoms with E-state index in [9.17, 15) is 14.7 Å². The quantitative estimate of drug-likeness (QED) is 0.289. The summed E-state index contributed by atoms with van der Waals surface area (Å²) in [5, 5.41) is 21.2. The lowest BCUT2D eigenvalue weighted by atomic mass is 10.0. The third kappa shape index (κ3) is 3.49. The molecule has 0 amide bonds. The maximum absolute atomic E-state index is 12.4. The zero-order valence-electron chi connectivity index (χ0n) is 12.9. The minimum Gasteiger partial charge on any atom is -0.478 e. The summed E-state index contributed by atoms with van der Waals surface area (Å²) in [7, 11) is 0. The molecule has 0 aliphatic heterocycles. The molecule has 0 saturated carbocycles. The molecule has 0 unspecified atom stereocenters. The third-order valence-corrected chi connectivity index (χ3v) is 3.36. The first-order valence-corrected chi connectivity index (χ1v) is 6.97. The van der Waals surface area contributed by atoms with Crippen molar-refractivity contribution in [3.8, 4) is 0 Å². The molecule has 24 heavy (non-hydrogen) atoms. The van der Waals surface area contributed by atoms with Crippen LogP contribution in [0.4, 0.5) is 0 Å². The number of oxime groups is 1. The topological polar surface area (TPSA) is 96.2 Å². The molecule has 6 nitrogen and oxygen atoms in total. The number of ether oxygens (including phenoxy) is 1. The minimum atomic E-state index is -1.15. The van der Waals surface area contributed by atoms with Crippen LogP contribution in [0.25, 0.3) is 5.76 Å². The summed E-state index contributed by atoms with van der Waals surface area (Å²) < 4.78 is 5.22. The van der Waals surface area contributed by atoms with E-state index < -0.39 is 11.9 Å². The van der Waals surface area contributed by atoms with Gasteiger partial charge in [-0.25, -0.2) is 9.59 Å². The second-order valence-electron chi connectivity index (χ2n) is 4.89. The second-order valence-corrected chi connectivity index (χ2v) is 4.89. The summed E-state index contributed by atoms with van der Waals surface area (Å²) >= 11 is 0. The molecule has 6 heteroatoms. The monoisotopic (exact) mass is 325 g/mol. The minimum absolute atomic E-state index is 0.0170. The first kappa shape index (κ1) is 17.0. The summed E-state index contributed by atoms with van der Waals surface area (Å²) in [6.45, 7) is 5.18. The smallest absolute Gasteiger partial charge is 0.344 e. The molecule has 2 aromatic rings. The van der Waals surface area contributed by atoms with Crippen LogP contribution < -0.4 is 0 Å². The molecule has 0 aliphatic carbocycles. The Hall–Kier alpha value is -3.41. The number of benzene rings is 2. The maximum Gasteiger partial charge on any atom is 0.344 e. The fourth-order valence-corrected chi connectivity index (χ4v) is 2.17. The molecule has 0 aromatic heterocycles. The molecular weight excluding hydrogens is 310 g/mol. The number of carbonyl (C=O) groups excluding carboxylic acids is 1. The maximum atomic E-state index is 12.4. The van der Waals surface area contributed by atoms with E-state index in [1.165, 1.54) is 18.2 Å². The molecule has 0 radical (unpaired) electrons. The van der Waals surface area contributed by atoms with Gasteiger partial charge in [0.25, 0.3) is 0 Å². The SMILES string of the molecule is C=C(OC(=O)c1ccccc1/C(C)=N\O)c1ccccc1C(=O)O. The van der Waals surface area contributed by atoms with Gasteiger partial charge in [0.2, 0.25) is 0 Å². The Bertz CT molecular complexity index is 839. The van der Waals surface area contributed by atoms with Crippen LogP contribution in [0.1, 0.15) is 38.8 Å². The van der Waals surface area contributed by atoms with Crippen LogP contribution >= 0.6 is 0 Å². The fraction of sp³-hybridized carbons (Fsp3) is 0.0556.